The summed E-state index contributed by atoms with van der Waals surface area (Å²) in [6.07, 6.45) is -0.661. The lowest BCUT2D eigenvalue weighted by atomic mass is 9.98. The number of esters is 1. The second-order valence-corrected chi connectivity index (χ2v) is 6.46. The van der Waals surface area contributed by atoms with Crippen LogP contribution in [0.25, 0.3) is 0 Å². The summed E-state index contributed by atoms with van der Waals surface area (Å²) < 4.78 is 5.26. The van der Waals surface area contributed by atoms with Crippen molar-refractivity contribution < 1.29 is 14.3 Å². The first kappa shape index (κ1) is 19.0. The summed E-state index contributed by atoms with van der Waals surface area (Å²) in [5, 5.41) is 3.31. The Balaban J connectivity index is 1.90. The molecular formula is C20H22ClNO3. The van der Waals surface area contributed by atoms with E-state index in [-0.39, 0.29) is 18.2 Å². The number of ether oxygens (including phenoxy) is 1. The monoisotopic (exact) mass is 359 g/mol. The SMILES string of the molecule is Cc1c(Cl)cccc1NC(=O)[C@@H](C)OC(=O)C[C@@H](C)c1ccccc1. The first-order valence-electron chi connectivity index (χ1n) is 8.19. The van der Waals surface area contributed by atoms with Gasteiger partial charge in [-0.2, -0.15) is 0 Å². The minimum Gasteiger partial charge on any atom is -0.453 e. The van der Waals surface area contributed by atoms with Crippen LogP contribution in [0.4, 0.5) is 5.69 Å². The van der Waals surface area contributed by atoms with Crippen molar-refractivity contribution in [2.45, 2.75) is 39.2 Å². The van der Waals surface area contributed by atoms with E-state index in [1.807, 2.05) is 44.2 Å². The zero-order chi connectivity index (χ0) is 18.4. The molecule has 5 heteroatoms. The summed E-state index contributed by atoms with van der Waals surface area (Å²) in [4.78, 5) is 24.3. The zero-order valence-corrected chi connectivity index (χ0v) is 15.3. The number of carbonyl (C=O) groups excluding carboxylic acids is 2. The molecule has 0 heterocycles. The van der Waals surface area contributed by atoms with Crippen LogP contribution in [0.15, 0.2) is 48.5 Å². The minimum atomic E-state index is -0.881. The first-order valence-corrected chi connectivity index (χ1v) is 8.56. The highest BCUT2D eigenvalue weighted by Crippen LogP contribution is 2.23. The van der Waals surface area contributed by atoms with Crippen LogP contribution in [0.1, 0.15) is 37.3 Å². The van der Waals surface area contributed by atoms with Crippen LogP contribution in [0.3, 0.4) is 0 Å². The summed E-state index contributed by atoms with van der Waals surface area (Å²) in [5.41, 5.74) is 2.44. The maximum atomic E-state index is 12.2. The van der Waals surface area contributed by atoms with Gasteiger partial charge in [0, 0.05) is 10.7 Å². The Hall–Kier alpha value is -2.33. The number of hydrogen-bond acceptors (Lipinski definition) is 3. The van der Waals surface area contributed by atoms with Gasteiger partial charge in [0.1, 0.15) is 0 Å². The molecule has 2 rings (SSSR count). The summed E-state index contributed by atoms with van der Waals surface area (Å²) in [7, 11) is 0. The highest BCUT2D eigenvalue weighted by atomic mass is 35.5. The van der Waals surface area contributed by atoms with Crippen molar-refractivity contribution in [1.82, 2.24) is 0 Å². The average Bonchev–Trinajstić information content (AvgIpc) is 2.59. The molecule has 0 radical (unpaired) electrons. The van der Waals surface area contributed by atoms with Crippen LogP contribution in [-0.2, 0) is 14.3 Å². The largest absolute Gasteiger partial charge is 0.453 e. The third-order valence-corrected chi connectivity index (χ3v) is 4.45. The molecule has 0 aromatic heterocycles. The molecule has 0 fully saturated rings. The molecule has 1 amide bonds. The molecule has 0 spiro atoms. The fraction of sp³-hybridized carbons (Fsp3) is 0.300. The fourth-order valence-corrected chi connectivity index (χ4v) is 2.60. The van der Waals surface area contributed by atoms with Crippen molar-refractivity contribution in [3.05, 3.63) is 64.7 Å². The Labute approximate surface area is 153 Å². The van der Waals surface area contributed by atoms with E-state index in [0.29, 0.717) is 10.7 Å². The average molecular weight is 360 g/mol. The second-order valence-electron chi connectivity index (χ2n) is 6.05. The highest BCUT2D eigenvalue weighted by Gasteiger charge is 2.20. The summed E-state index contributed by atoms with van der Waals surface area (Å²) in [6.45, 7) is 5.33. The van der Waals surface area contributed by atoms with Crippen LogP contribution >= 0.6 is 11.6 Å². The Kier molecular flexibility index (Phi) is 6.59. The third kappa shape index (κ3) is 5.33. The Morgan fingerprint density at radius 3 is 2.44 bits per heavy atom. The van der Waals surface area contributed by atoms with Gasteiger partial charge < -0.3 is 10.1 Å². The number of hydrogen-bond donors (Lipinski definition) is 1. The van der Waals surface area contributed by atoms with Crippen molar-refractivity contribution in [2.75, 3.05) is 5.32 Å². The molecule has 4 nitrogen and oxygen atoms in total. The normalized spacial score (nSPS) is 13.0. The molecule has 2 aromatic carbocycles. The summed E-state index contributed by atoms with van der Waals surface area (Å²) >= 11 is 6.04. The number of amides is 1. The van der Waals surface area contributed by atoms with E-state index in [0.717, 1.165) is 11.1 Å². The van der Waals surface area contributed by atoms with Crippen LogP contribution in [0.2, 0.25) is 5.02 Å². The van der Waals surface area contributed by atoms with Crippen molar-refractivity contribution in [1.29, 1.82) is 0 Å². The molecule has 2 aromatic rings. The van der Waals surface area contributed by atoms with Gasteiger partial charge in [-0.15, -0.1) is 0 Å². The molecule has 0 aliphatic carbocycles. The molecule has 0 bridgehead atoms. The number of nitrogens with one attached hydrogen (secondary N) is 1. The number of benzene rings is 2. The van der Waals surface area contributed by atoms with Crippen LogP contribution in [0.5, 0.6) is 0 Å². The Morgan fingerprint density at radius 1 is 1.08 bits per heavy atom. The molecule has 0 aliphatic heterocycles. The number of anilines is 1. The Bertz CT molecular complexity index is 746. The van der Waals surface area contributed by atoms with Gasteiger partial charge in [0.05, 0.1) is 6.42 Å². The molecule has 25 heavy (non-hydrogen) atoms. The van der Waals surface area contributed by atoms with Gasteiger partial charge >= 0.3 is 5.97 Å². The van der Waals surface area contributed by atoms with Gasteiger partial charge in [0.2, 0.25) is 0 Å². The van der Waals surface area contributed by atoms with E-state index in [2.05, 4.69) is 5.32 Å². The van der Waals surface area contributed by atoms with Crippen LogP contribution in [-0.4, -0.2) is 18.0 Å². The van der Waals surface area contributed by atoms with Crippen molar-refractivity contribution >= 4 is 29.2 Å². The molecule has 0 aliphatic rings. The quantitative estimate of drug-likeness (QED) is 0.760. The molecule has 0 saturated carbocycles. The number of halogens is 1. The van der Waals surface area contributed by atoms with E-state index in [1.165, 1.54) is 0 Å². The number of rotatable bonds is 6. The van der Waals surface area contributed by atoms with E-state index < -0.39 is 12.1 Å². The lowest BCUT2D eigenvalue weighted by Gasteiger charge is -2.17. The maximum Gasteiger partial charge on any atom is 0.307 e. The molecular weight excluding hydrogens is 338 g/mol. The lowest BCUT2D eigenvalue weighted by Crippen LogP contribution is -2.30. The predicted molar refractivity (Wildman–Crippen MR) is 99.8 cm³/mol. The predicted octanol–water partition coefficient (Wildman–Crippen LogP) is 4.71. The maximum absolute atomic E-state index is 12.2. The fourth-order valence-electron chi connectivity index (χ4n) is 2.43. The lowest BCUT2D eigenvalue weighted by molar-refractivity contribution is -0.153. The van der Waals surface area contributed by atoms with E-state index >= 15 is 0 Å². The Morgan fingerprint density at radius 2 is 1.76 bits per heavy atom. The third-order valence-electron chi connectivity index (χ3n) is 4.04. The molecule has 2 atom stereocenters. The molecule has 132 valence electrons. The smallest absolute Gasteiger partial charge is 0.307 e. The van der Waals surface area contributed by atoms with Crippen molar-refractivity contribution in [3.8, 4) is 0 Å². The highest BCUT2D eigenvalue weighted by molar-refractivity contribution is 6.31. The van der Waals surface area contributed by atoms with E-state index in [4.69, 9.17) is 16.3 Å². The summed E-state index contributed by atoms with van der Waals surface area (Å²) in [5.74, 6) is -0.757. The minimum absolute atomic E-state index is 0.0270. The van der Waals surface area contributed by atoms with E-state index in [1.54, 1.807) is 25.1 Å². The second kappa shape index (κ2) is 8.67. The van der Waals surface area contributed by atoms with E-state index in [9.17, 15) is 9.59 Å². The zero-order valence-electron chi connectivity index (χ0n) is 14.6. The van der Waals surface area contributed by atoms with Crippen molar-refractivity contribution in [2.24, 2.45) is 0 Å². The molecule has 0 unspecified atom stereocenters. The topological polar surface area (TPSA) is 55.4 Å². The van der Waals surface area contributed by atoms with Crippen molar-refractivity contribution in [3.63, 3.8) is 0 Å². The number of carbonyl (C=O) groups is 2. The van der Waals surface area contributed by atoms with Gasteiger partial charge in [0.15, 0.2) is 6.10 Å². The summed E-state index contributed by atoms with van der Waals surface area (Å²) in [6, 6.07) is 15.0. The van der Waals surface area contributed by atoms with Gasteiger partial charge in [-0.25, -0.2) is 0 Å². The van der Waals surface area contributed by atoms with Crippen LogP contribution < -0.4 is 5.32 Å². The van der Waals surface area contributed by atoms with Gasteiger partial charge in [-0.05, 0) is 43.0 Å². The standard InChI is InChI=1S/C20H22ClNO3/c1-13(16-8-5-4-6-9-16)12-19(23)25-15(3)20(24)22-18-11-7-10-17(21)14(18)2/h4-11,13,15H,12H2,1-3H3,(H,22,24)/t13-,15-/m1/s1. The first-order chi connectivity index (χ1) is 11.9. The molecule has 1 N–H and O–H groups in total. The van der Waals surface area contributed by atoms with Crippen LogP contribution in [0, 0.1) is 6.92 Å². The van der Waals surface area contributed by atoms with Gasteiger partial charge in [-0.3, -0.25) is 9.59 Å². The van der Waals surface area contributed by atoms with Gasteiger partial charge in [0.25, 0.3) is 5.91 Å². The molecule has 0 saturated heterocycles. The van der Waals surface area contributed by atoms with Gasteiger partial charge in [-0.1, -0.05) is 54.9 Å².